The van der Waals surface area contributed by atoms with Gasteiger partial charge in [-0.15, -0.1) is 0 Å². The number of rotatable bonds is 6. The van der Waals surface area contributed by atoms with Gasteiger partial charge in [-0.2, -0.15) is 0 Å². The van der Waals surface area contributed by atoms with Crippen LogP contribution in [0.2, 0.25) is 0 Å². The zero-order valence-electron chi connectivity index (χ0n) is 15.3. The number of aromatic nitrogens is 1. The zero-order chi connectivity index (χ0) is 18.6. The molecule has 8 heteroatoms. The largest absolute Gasteiger partial charge is 0.372 e. The molecule has 0 aromatic carbocycles. The average molecular weight is 362 g/mol. The number of nitrogens with one attached hydrogen (secondary N) is 1. The summed E-state index contributed by atoms with van der Waals surface area (Å²) in [6.45, 7) is 4.99. The van der Waals surface area contributed by atoms with Crippen molar-refractivity contribution in [3.63, 3.8) is 0 Å². The molecule has 142 valence electrons. The molecule has 1 N–H and O–H groups in total. The van der Waals surface area contributed by atoms with E-state index in [0.717, 1.165) is 5.56 Å². The Hall–Kier alpha value is -2.03. The minimum Gasteiger partial charge on any atom is -0.372 e. The van der Waals surface area contributed by atoms with Crippen molar-refractivity contribution < 1.29 is 19.1 Å². The number of pyridine rings is 1. The molecule has 1 atom stereocenters. The van der Waals surface area contributed by atoms with Gasteiger partial charge in [0.25, 0.3) is 0 Å². The second-order valence-electron chi connectivity index (χ2n) is 6.89. The quantitative estimate of drug-likeness (QED) is 0.745. The van der Waals surface area contributed by atoms with Crippen LogP contribution in [0, 0.1) is 0 Å². The third-order valence-corrected chi connectivity index (χ3v) is 4.85. The molecule has 2 aliphatic rings. The van der Waals surface area contributed by atoms with Crippen molar-refractivity contribution >= 4 is 11.8 Å². The smallest absolute Gasteiger partial charge is 0.248 e. The molecule has 2 fully saturated rings. The van der Waals surface area contributed by atoms with Crippen molar-refractivity contribution in [2.24, 2.45) is 0 Å². The summed E-state index contributed by atoms with van der Waals surface area (Å²) in [5, 5.41) is 2.93. The monoisotopic (exact) mass is 362 g/mol. The maximum Gasteiger partial charge on any atom is 0.248 e. The van der Waals surface area contributed by atoms with Gasteiger partial charge in [0.05, 0.1) is 19.7 Å². The van der Waals surface area contributed by atoms with Gasteiger partial charge in [-0.1, -0.05) is 6.07 Å². The number of nitrogens with zero attached hydrogens (tertiary/aromatic N) is 3. The van der Waals surface area contributed by atoms with Crippen molar-refractivity contribution in [3.8, 4) is 0 Å². The number of ether oxygens (including phenoxy) is 2. The number of carbonyl (C=O) groups excluding carboxylic acids is 2. The molecule has 8 nitrogen and oxygen atoms in total. The number of hydrogen-bond acceptors (Lipinski definition) is 6. The summed E-state index contributed by atoms with van der Waals surface area (Å²) in [5.74, 6) is -0.0742. The van der Waals surface area contributed by atoms with E-state index in [9.17, 15) is 9.59 Å². The van der Waals surface area contributed by atoms with Gasteiger partial charge in [0, 0.05) is 32.1 Å². The summed E-state index contributed by atoms with van der Waals surface area (Å²) in [5.41, 5.74) is 0.593. The number of amides is 2. The first-order valence-corrected chi connectivity index (χ1v) is 8.89. The first kappa shape index (κ1) is 18.8. The van der Waals surface area contributed by atoms with Crippen molar-refractivity contribution in [2.45, 2.75) is 25.1 Å². The Morgan fingerprint density at radius 2 is 2.23 bits per heavy atom. The molecule has 0 bridgehead atoms. The molecule has 3 rings (SSSR count). The van der Waals surface area contributed by atoms with Gasteiger partial charge in [-0.3, -0.25) is 19.5 Å². The Labute approximate surface area is 153 Å². The van der Waals surface area contributed by atoms with Gasteiger partial charge in [-0.25, -0.2) is 0 Å². The van der Waals surface area contributed by atoms with E-state index in [0.29, 0.717) is 39.4 Å². The Morgan fingerprint density at radius 1 is 1.42 bits per heavy atom. The topological polar surface area (TPSA) is 84.0 Å². The Bertz CT molecular complexity index is 633. The van der Waals surface area contributed by atoms with Gasteiger partial charge >= 0.3 is 0 Å². The summed E-state index contributed by atoms with van der Waals surface area (Å²) in [6, 6.07) is 3.44. The van der Waals surface area contributed by atoms with Gasteiger partial charge in [0.15, 0.2) is 0 Å². The molecule has 26 heavy (non-hydrogen) atoms. The fraction of sp³-hybridized carbons (Fsp3) is 0.611. The van der Waals surface area contributed by atoms with Crippen LogP contribution in [0.1, 0.15) is 12.5 Å². The molecule has 0 aliphatic carbocycles. The molecule has 2 saturated heterocycles. The van der Waals surface area contributed by atoms with E-state index in [1.165, 1.54) is 0 Å². The van der Waals surface area contributed by atoms with E-state index in [1.54, 1.807) is 17.3 Å². The molecule has 0 unspecified atom stereocenters. The number of hydrogen-bond donors (Lipinski definition) is 1. The second kappa shape index (κ2) is 8.11. The van der Waals surface area contributed by atoms with Crippen LogP contribution >= 0.6 is 0 Å². The van der Waals surface area contributed by atoms with Crippen LogP contribution < -0.4 is 5.32 Å². The van der Waals surface area contributed by atoms with Gasteiger partial charge in [0.2, 0.25) is 11.8 Å². The van der Waals surface area contributed by atoms with E-state index in [2.05, 4.69) is 10.3 Å². The van der Waals surface area contributed by atoms with E-state index >= 15 is 0 Å². The molecule has 1 aromatic rings. The van der Waals surface area contributed by atoms with E-state index < -0.39 is 0 Å². The van der Waals surface area contributed by atoms with Gasteiger partial charge in [-0.05, 0) is 25.6 Å². The summed E-state index contributed by atoms with van der Waals surface area (Å²) in [4.78, 5) is 32.2. The van der Waals surface area contributed by atoms with E-state index in [4.69, 9.17) is 9.47 Å². The van der Waals surface area contributed by atoms with Crippen LogP contribution in [0.5, 0.6) is 0 Å². The lowest BCUT2D eigenvalue weighted by Crippen LogP contribution is -2.73. The second-order valence-corrected chi connectivity index (χ2v) is 6.89. The predicted octanol–water partition coefficient (Wildman–Crippen LogP) is -0.354. The van der Waals surface area contributed by atoms with Crippen LogP contribution in [0.4, 0.5) is 0 Å². The maximum atomic E-state index is 12.5. The summed E-state index contributed by atoms with van der Waals surface area (Å²) >= 11 is 0. The highest BCUT2D eigenvalue weighted by Crippen LogP contribution is 2.30. The summed E-state index contributed by atoms with van der Waals surface area (Å²) in [7, 11) is 1.92. The first-order chi connectivity index (χ1) is 12.5. The fourth-order valence-electron chi connectivity index (χ4n) is 3.38. The highest BCUT2D eigenvalue weighted by molar-refractivity contribution is 5.82. The van der Waals surface area contributed by atoms with Crippen molar-refractivity contribution in [1.29, 1.82) is 0 Å². The third-order valence-electron chi connectivity index (χ3n) is 4.85. The highest BCUT2D eigenvalue weighted by Gasteiger charge is 2.51. The van der Waals surface area contributed by atoms with Crippen LogP contribution in [0.3, 0.4) is 0 Å². The normalized spacial score (nSPS) is 22.1. The van der Waals surface area contributed by atoms with E-state index in [-0.39, 0.29) is 30.1 Å². The lowest BCUT2D eigenvalue weighted by atomic mass is 9.90. The van der Waals surface area contributed by atoms with E-state index in [1.807, 2.05) is 31.0 Å². The molecule has 0 saturated carbocycles. The van der Waals surface area contributed by atoms with Crippen LogP contribution in [0.15, 0.2) is 24.5 Å². The highest BCUT2D eigenvalue weighted by atomic mass is 16.5. The number of morpholine rings is 1. The first-order valence-electron chi connectivity index (χ1n) is 8.89. The zero-order valence-corrected chi connectivity index (χ0v) is 15.3. The molecule has 0 radical (unpaired) electrons. The summed E-state index contributed by atoms with van der Waals surface area (Å²) < 4.78 is 11.2. The molecule has 3 heterocycles. The predicted molar refractivity (Wildman–Crippen MR) is 94.3 cm³/mol. The van der Waals surface area contributed by atoms with Crippen molar-refractivity contribution in [1.82, 2.24) is 20.1 Å². The number of likely N-dealkylation sites (N-methyl/N-ethyl adjacent to an activating group) is 1. The maximum absolute atomic E-state index is 12.5. The van der Waals surface area contributed by atoms with Crippen LogP contribution in [0.25, 0.3) is 0 Å². The van der Waals surface area contributed by atoms with Crippen LogP contribution in [-0.4, -0.2) is 84.7 Å². The molecular weight excluding hydrogens is 336 g/mol. The molecule has 2 aliphatic heterocycles. The lowest BCUT2D eigenvalue weighted by molar-refractivity contribution is -0.202. The van der Waals surface area contributed by atoms with Crippen LogP contribution in [-0.2, 0) is 25.6 Å². The minimum atomic E-state index is -0.364. The van der Waals surface area contributed by atoms with Gasteiger partial charge < -0.3 is 19.7 Å². The van der Waals surface area contributed by atoms with Gasteiger partial charge in [0.1, 0.15) is 18.2 Å². The Balaban J connectivity index is 1.45. The Kier molecular flexibility index (Phi) is 5.85. The fourth-order valence-corrected chi connectivity index (χ4v) is 3.38. The standard InChI is InChI=1S/C18H26N4O4/c1-3-25-10-16(23)22-12-18(13-22)11-21(2)15(9-26-18)17(24)20-8-14-5-4-6-19-7-14/h4-7,15H,3,8-13H2,1-2H3,(H,20,24)/t15-/m1/s1. The molecule has 1 spiro atoms. The Morgan fingerprint density at radius 3 is 2.88 bits per heavy atom. The number of carbonyl (C=O) groups is 2. The SMILES string of the molecule is CCOCC(=O)N1CC2(C1)CN(C)[C@@H](C(=O)NCc1cccnc1)CO2. The molecule has 2 amide bonds. The number of likely N-dealkylation sites (tertiary alicyclic amines) is 1. The molecular formula is C18H26N4O4. The van der Waals surface area contributed by atoms with Crippen molar-refractivity contribution in [2.75, 3.05) is 46.5 Å². The average Bonchev–Trinajstić information content (AvgIpc) is 2.62. The minimum absolute atomic E-state index is 0.0138. The molecule has 1 aromatic heterocycles. The van der Waals surface area contributed by atoms with Crippen molar-refractivity contribution in [3.05, 3.63) is 30.1 Å². The summed E-state index contributed by atoms with van der Waals surface area (Å²) in [6.07, 6.45) is 3.44. The third kappa shape index (κ3) is 4.20. The lowest BCUT2D eigenvalue weighted by Gasteiger charge is -2.54.